The molecule has 1 aromatic rings. The van der Waals surface area contributed by atoms with Gasteiger partial charge in [0.15, 0.2) is 5.75 Å². The van der Waals surface area contributed by atoms with Crippen LogP contribution in [-0.4, -0.2) is 13.2 Å². The first-order valence-electron chi connectivity index (χ1n) is 16.7. The first-order chi connectivity index (χ1) is 18.4. The quantitative estimate of drug-likeness (QED) is 0.0910. The predicted octanol–water partition coefficient (Wildman–Crippen LogP) is 12.7. The monoisotopic (exact) mass is 536 g/mol. The summed E-state index contributed by atoms with van der Waals surface area (Å²) >= 11 is 1.67. The van der Waals surface area contributed by atoms with E-state index in [0.29, 0.717) is 0 Å². The van der Waals surface area contributed by atoms with Gasteiger partial charge in [-0.1, -0.05) is 168 Å². The van der Waals surface area contributed by atoms with Crippen molar-refractivity contribution < 1.29 is 9.47 Å². The fraction of sp³-hybridized carbons (Fsp3) is 0.882. The van der Waals surface area contributed by atoms with Gasteiger partial charge in [0.2, 0.25) is 5.06 Å². The highest BCUT2D eigenvalue weighted by atomic mass is 32.1. The Bertz CT molecular complexity index is 509. The zero-order chi connectivity index (χ0) is 26.5. The fourth-order valence-electron chi connectivity index (χ4n) is 5.08. The summed E-state index contributed by atoms with van der Waals surface area (Å²) in [5.74, 6) is 0.957. The van der Waals surface area contributed by atoms with Gasteiger partial charge in [-0.2, -0.15) is 0 Å². The Hall–Kier alpha value is -0.700. The van der Waals surface area contributed by atoms with Crippen LogP contribution < -0.4 is 9.47 Å². The standard InChI is InChI=1S/C34H64O2S/c1-3-5-7-9-11-13-15-17-19-21-23-25-27-30-35-33-29-32-37-34(33)36-31-28-26-24-22-20-18-16-14-12-10-8-6-4-2/h29,32H,3-28,30-31H2,1-2H3. The fourth-order valence-corrected chi connectivity index (χ4v) is 5.79. The molecular weight excluding hydrogens is 472 g/mol. The maximum Gasteiger partial charge on any atom is 0.216 e. The third-order valence-electron chi connectivity index (χ3n) is 7.58. The van der Waals surface area contributed by atoms with E-state index in [1.807, 2.05) is 0 Å². The maximum atomic E-state index is 6.04. The van der Waals surface area contributed by atoms with Crippen molar-refractivity contribution in [2.24, 2.45) is 0 Å². The van der Waals surface area contributed by atoms with Crippen LogP contribution in [0.4, 0.5) is 0 Å². The van der Waals surface area contributed by atoms with Crippen LogP contribution in [0.25, 0.3) is 0 Å². The number of thiophene rings is 1. The van der Waals surface area contributed by atoms with Crippen molar-refractivity contribution in [2.75, 3.05) is 13.2 Å². The van der Waals surface area contributed by atoms with Crippen molar-refractivity contribution in [1.29, 1.82) is 0 Å². The summed E-state index contributed by atoms with van der Waals surface area (Å²) in [7, 11) is 0. The van der Waals surface area contributed by atoms with Gasteiger partial charge in [-0.05, 0) is 24.3 Å². The van der Waals surface area contributed by atoms with Crippen molar-refractivity contribution >= 4 is 11.3 Å². The second-order valence-corrected chi connectivity index (χ2v) is 12.1. The van der Waals surface area contributed by atoms with Gasteiger partial charge in [0, 0.05) is 0 Å². The van der Waals surface area contributed by atoms with Crippen LogP contribution in [0.15, 0.2) is 11.4 Å². The molecule has 0 saturated carbocycles. The van der Waals surface area contributed by atoms with Gasteiger partial charge in [-0.15, -0.1) is 11.3 Å². The highest BCUT2D eigenvalue weighted by Crippen LogP contribution is 2.34. The highest BCUT2D eigenvalue weighted by molar-refractivity contribution is 7.12. The Morgan fingerprint density at radius 1 is 0.432 bits per heavy atom. The Balaban J connectivity index is 1.85. The second-order valence-electron chi connectivity index (χ2n) is 11.3. The minimum absolute atomic E-state index is 0.823. The Morgan fingerprint density at radius 3 is 1.14 bits per heavy atom. The summed E-state index contributed by atoms with van der Waals surface area (Å²) < 4.78 is 12.1. The minimum Gasteiger partial charge on any atom is -0.489 e. The molecule has 218 valence electrons. The van der Waals surface area contributed by atoms with Crippen LogP contribution in [-0.2, 0) is 0 Å². The molecule has 0 aliphatic carbocycles. The normalized spacial score (nSPS) is 11.3. The van der Waals surface area contributed by atoms with E-state index in [0.717, 1.165) is 36.9 Å². The van der Waals surface area contributed by atoms with Gasteiger partial charge in [-0.3, -0.25) is 0 Å². The second kappa shape index (κ2) is 28.3. The highest BCUT2D eigenvalue weighted by Gasteiger charge is 2.07. The molecule has 0 N–H and O–H groups in total. The van der Waals surface area contributed by atoms with Crippen LogP contribution in [0.3, 0.4) is 0 Å². The van der Waals surface area contributed by atoms with Crippen LogP contribution in [0, 0.1) is 0 Å². The van der Waals surface area contributed by atoms with Crippen molar-refractivity contribution in [3.8, 4) is 10.8 Å². The minimum atomic E-state index is 0.823. The topological polar surface area (TPSA) is 18.5 Å². The van der Waals surface area contributed by atoms with E-state index in [4.69, 9.17) is 9.47 Å². The van der Waals surface area contributed by atoms with Crippen LogP contribution in [0.5, 0.6) is 10.8 Å². The summed E-state index contributed by atoms with van der Waals surface area (Å²) in [5.41, 5.74) is 0. The van der Waals surface area contributed by atoms with E-state index in [9.17, 15) is 0 Å². The lowest BCUT2D eigenvalue weighted by atomic mass is 10.0. The average Bonchev–Trinajstić information content (AvgIpc) is 3.36. The van der Waals surface area contributed by atoms with Gasteiger partial charge >= 0.3 is 0 Å². The van der Waals surface area contributed by atoms with Gasteiger partial charge in [0.25, 0.3) is 0 Å². The number of hydrogen-bond donors (Lipinski definition) is 0. The van der Waals surface area contributed by atoms with E-state index >= 15 is 0 Å². The lowest BCUT2D eigenvalue weighted by molar-refractivity contribution is 0.265. The number of ether oxygens (including phenoxy) is 2. The molecule has 0 aromatic carbocycles. The molecule has 37 heavy (non-hydrogen) atoms. The number of hydrogen-bond acceptors (Lipinski definition) is 3. The van der Waals surface area contributed by atoms with E-state index in [-0.39, 0.29) is 0 Å². The molecule has 0 aliphatic heterocycles. The van der Waals surface area contributed by atoms with Gasteiger partial charge in [0.1, 0.15) is 0 Å². The molecule has 0 aliphatic rings. The molecule has 1 rings (SSSR count). The van der Waals surface area contributed by atoms with E-state index in [1.54, 1.807) is 11.3 Å². The average molecular weight is 537 g/mol. The lowest BCUT2D eigenvalue weighted by Gasteiger charge is -2.09. The molecule has 0 amide bonds. The molecule has 2 nitrogen and oxygen atoms in total. The SMILES string of the molecule is CCCCCCCCCCCCCCCOc1ccsc1OCCCCCCCCCCCCCCC. The van der Waals surface area contributed by atoms with Crippen LogP contribution in [0.1, 0.15) is 181 Å². The molecule has 3 heteroatoms. The van der Waals surface area contributed by atoms with Gasteiger partial charge < -0.3 is 9.47 Å². The van der Waals surface area contributed by atoms with Crippen LogP contribution in [0.2, 0.25) is 0 Å². The van der Waals surface area contributed by atoms with Crippen molar-refractivity contribution in [3.05, 3.63) is 11.4 Å². The third kappa shape index (κ3) is 22.9. The Morgan fingerprint density at radius 2 is 0.757 bits per heavy atom. The smallest absolute Gasteiger partial charge is 0.216 e. The number of rotatable bonds is 30. The molecule has 0 fully saturated rings. The lowest BCUT2D eigenvalue weighted by Crippen LogP contribution is -2.00. The zero-order valence-corrected chi connectivity index (χ0v) is 26.0. The van der Waals surface area contributed by atoms with Crippen LogP contribution >= 0.6 is 11.3 Å². The molecule has 1 aromatic heterocycles. The summed E-state index contributed by atoms with van der Waals surface area (Å²) in [6, 6.07) is 2.08. The van der Waals surface area contributed by atoms with Crippen molar-refractivity contribution in [2.45, 2.75) is 181 Å². The van der Waals surface area contributed by atoms with Gasteiger partial charge in [0.05, 0.1) is 13.2 Å². The molecule has 0 saturated heterocycles. The Kier molecular flexibility index (Phi) is 26.3. The summed E-state index contributed by atoms with van der Waals surface area (Å²) in [4.78, 5) is 0. The van der Waals surface area contributed by atoms with Gasteiger partial charge in [-0.25, -0.2) is 0 Å². The molecule has 0 spiro atoms. The molecular formula is C34H64O2S. The maximum absolute atomic E-state index is 6.04. The summed E-state index contributed by atoms with van der Waals surface area (Å²) in [6.07, 6.45) is 36.1. The molecule has 0 atom stereocenters. The number of unbranched alkanes of at least 4 members (excludes halogenated alkanes) is 24. The van der Waals surface area contributed by atoms with E-state index in [1.165, 1.54) is 154 Å². The van der Waals surface area contributed by atoms with E-state index < -0.39 is 0 Å². The summed E-state index contributed by atoms with van der Waals surface area (Å²) in [6.45, 7) is 6.24. The molecule has 1 heterocycles. The Labute approximate surface area is 236 Å². The molecule has 0 radical (unpaired) electrons. The van der Waals surface area contributed by atoms with E-state index in [2.05, 4.69) is 25.3 Å². The summed E-state index contributed by atoms with van der Waals surface area (Å²) in [5, 5.41) is 3.08. The van der Waals surface area contributed by atoms with Crippen molar-refractivity contribution in [3.63, 3.8) is 0 Å². The first-order valence-corrected chi connectivity index (χ1v) is 17.6. The predicted molar refractivity (Wildman–Crippen MR) is 167 cm³/mol. The molecule has 0 unspecified atom stereocenters. The molecule has 0 bridgehead atoms. The third-order valence-corrected chi connectivity index (χ3v) is 8.39. The first kappa shape index (κ1) is 34.3. The zero-order valence-electron chi connectivity index (χ0n) is 25.2. The van der Waals surface area contributed by atoms with Crippen molar-refractivity contribution in [1.82, 2.24) is 0 Å². The largest absolute Gasteiger partial charge is 0.489 e.